The number of aromatic nitrogens is 2. The van der Waals surface area contributed by atoms with Crippen LogP contribution >= 0.6 is 11.8 Å². The molecule has 1 amide bonds. The SMILES string of the molecule is C/C=C(/C(=O)NCc1ccc(O)c(SC)c1)c1cnn(-c2ccc(C)cc2)c1/C=C(\C)CC. The van der Waals surface area contributed by atoms with Crippen molar-refractivity contribution in [2.75, 3.05) is 6.26 Å². The largest absolute Gasteiger partial charge is 0.507 e. The van der Waals surface area contributed by atoms with Gasteiger partial charge in [-0.3, -0.25) is 4.79 Å². The first-order valence-electron chi connectivity index (χ1n) is 11.0. The first kappa shape index (κ1) is 24.4. The number of thioether (sulfide) groups is 1. The molecule has 0 radical (unpaired) electrons. The Balaban J connectivity index is 1.92. The number of aromatic hydroxyl groups is 1. The highest BCUT2D eigenvalue weighted by atomic mass is 32.2. The maximum Gasteiger partial charge on any atom is 0.251 e. The molecule has 1 aromatic heterocycles. The topological polar surface area (TPSA) is 67.2 Å². The molecule has 0 unspecified atom stereocenters. The third kappa shape index (κ3) is 5.76. The number of nitrogens with zero attached hydrogens (tertiary/aromatic N) is 2. The number of allylic oxidation sites excluding steroid dienone is 2. The lowest BCUT2D eigenvalue weighted by Gasteiger charge is -2.12. The second-order valence-corrected chi connectivity index (χ2v) is 8.77. The van der Waals surface area contributed by atoms with Crippen LogP contribution in [-0.2, 0) is 11.3 Å². The zero-order valence-electron chi connectivity index (χ0n) is 19.8. The zero-order chi connectivity index (χ0) is 24.0. The number of benzene rings is 2. The molecule has 0 saturated carbocycles. The summed E-state index contributed by atoms with van der Waals surface area (Å²) in [4.78, 5) is 14.0. The highest BCUT2D eigenvalue weighted by Gasteiger charge is 2.19. The molecule has 0 aliphatic rings. The van der Waals surface area contributed by atoms with Crippen molar-refractivity contribution in [2.45, 2.75) is 45.6 Å². The van der Waals surface area contributed by atoms with E-state index in [2.05, 4.69) is 49.4 Å². The van der Waals surface area contributed by atoms with E-state index in [0.717, 1.165) is 33.8 Å². The van der Waals surface area contributed by atoms with Gasteiger partial charge in [0, 0.05) is 22.6 Å². The van der Waals surface area contributed by atoms with E-state index in [1.54, 1.807) is 12.3 Å². The van der Waals surface area contributed by atoms with Gasteiger partial charge in [0.2, 0.25) is 0 Å². The predicted molar refractivity (Wildman–Crippen MR) is 138 cm³/mol. The van der Waals surface area contributed by atoms with Crippen LogP contribution in [0.4, 0.5) is 0 Å². The molecule has 3 aromatic rings. The Labute approximate surface area is 200 Å². The van der Waals surface area contributed by atoms with Crippen LogP contribution in [0, 0.1) is 6.92 Å². The Morgan fingerprint density at radius 3 is 2.58 bits per heavy atom. The summed E-state index contributed by atoms with van der Waals surface area (Å²) < 4.78 is 1.88. The van der Waals surface area contributed by atoms with E-state index in [1.807, 2.05) is 48.2 Å². The van der Waals surface area contributed by atoms with Gasteiger partial charge in [0.15, 0.2) is 0 Å². The van der Waals surface area contributed by atoms with Gasteiger partial charge in [-0.1, -0.05) is 42.3 Å². The average Bonchev–Trinajstić information content (AvgIpc) is 3.22. The van der Waals surface area contributed by atoms with Crippen molar-refractivity contribution in [3.8, 4) is 11.4 Å². The minimum absolute atomic E-state index is 0.163. The summed E-state index contributed by atoms with van der Waals surface area (Å²) in [5.41, 5.74) is 6.52. The fourth-order valence-electron chi connectivity index (χ4n) is 3.45. The molecule has 1 heterocycles. The van der Waals surface area contributed by atoms with E-state index in [0.29, 0.717) is 12.1 Å². The maximum atomic E-state index is 13.2. The number of hydrogen-bond acceptors (Lipinski definition) is 4. The maximum absolute atomic E-state index is 13.2. The van der Waals surface area contributed by atoms with Gasteiger partial charge < -0.3 is 10.4 Å². The van der Waals surface area contributed by atoms with Crippen molar-refractivity contribution in [1.82, 2.24) is 15.1 Å². The molecular weight excluding hydrogens is 430 g/mol. The van der Waals surface area contributed by atoms with Gasteiger partial charge in [-0.25, -0.2) is 4.68 Å². The molecule has 2 aromatic carbocycles. The lowest BCUT2D eigenvalue weighted by atomic mass is 10.0. The van der Waals surface area contributed by atoms with E-state index in [9.17, 15) is 9.90 Å². The second kappa shape index (κ2) is 11.1. The molecule has 0 spiro atoms. The Kier molecular flexibility index (Phi) is 8.17. The van der Waals surface area contributed by atoms with E-state index < -0.39 is 0 Å². The van der Waals surface area contributed by atoms with E-state index in [1.165, 1.54) is 22.9 Å². The number of nitrogens with one attached hydrogen (secondary N) is 1. The van der Waals surface area contributed by atoms with Gasteiger partial charge in [-0.2, -0.15) is 5.10 Å². The standard InChI is InChI=1S/C27H31N3O2S/c1-6-18(3)14-24-23(17-29-30(24)21-11-8-19(4)9-12-21)22(7-2)27(32)28-16-20-10-13-25(31)26(15-20)33-5/h7-15,17,31H,6,16H2,1-5H3,(H,28,32)/b18-14+,22-7+. The molecule has 6 heteroatoms. The van der Waals surface area contributed by atoms with Gasteiger partial charge in [0.25, 0.3) is 5.91 Å². The van der Waals surface area contributed by atoms with Crippen LogP contribution in [0.2, 0.25) is 0 Å². The fraction of sp³-hybridized carbons (Fsp3) is 0.259. The van der Waals surface area contributed by atoms with Crippen molar-refractivity contribution in [3.05, 3.63) is 82.7 Å². The summed E-state index contributed by atoms with van der Waals surface area (Å²) in [5.74, 6) is 0.0847. The number of carbonyl (C=O) groups excluding carboxylic acids is 1. The van der Waals surface area contributed by atoms with Gasteiger partial charge in [-0.05, 0) is 69.4 Å². The van der Waals surface area contributed by atoms with Crippen LogP contribution < -0.4 is 5.32 Å². The minimum Gasteiger partial charge on any atom is -0.507 e. The van der Waals surface area contributed by atoms with Crippen LogP contribution in [-0.4, -0.2) is 27.0 Å². The van der Waals surface area contributed by atoms with Crippen LogP contribution in [0.1, 0.15) is 49.6 Å². The van der Waals surface area contributed by atoms with Crippen LogP contribution in [0.25, 0.3) is 17.3 Å². The summed E-state index contributed by atoms with van der Waals surface area (Å²) in [6, 6.07) is 13.6. The molecule has 0 aliphatic carbocycles. The Bertz CT molecular complexity index is 1190. The van der Waals surface area contributed by atoms with Crippen LogP contribution in [0.3, 0.4) is 0 Å². The molecule has 0 bridgehead atoms. The molecule has 0 fully saturated rings. The molecule has 5 nitrogen and oxygen atoms in total. The molecular formula is C27H31N3O2S. The smallest absolute Gasteiger partial charge is 0.251 e. The number of carbonyl (C=O) groups is 1. The van der Waals surface area contributed by atoms with E-state index in [4.69, 9.17) is 0 Å². The monoisotopic (exact) mass is 461 g/mol. The first-order chi connectivity index (χ1) is 15.9. The van der Waals surface area contributed by atoms with Crippen molar-refractivity contribution in [3.63, 3.8) is 0 Å². The highest BCUT2D eigenvalue weighted by Crippen LogP contribution is 2.28. The number of aryl methyl sites for hydroxylation is 1. The molecule has 3 rings (SSSR count). The predicted octanol–water partition coefficient (Wildman–Crippen LogP) is 6.14. The number of hydrogen-bond donors (Lipinski definition) is 2. The van der Waals surface area contributed by atoms with Crippen molar-refractivity contribution >= 4 is 29.3 Å². The van der Waals surface area contributed by atoms with Gasteiger partial charge in [-0.15, -0.1) is 11.8 Å². The molecule has 0 atom stereocenters. The van der Waals surface area contributed by atoms with Crippen molar-refractivity contribution < 1.29 is 9.90 Å². The van der Waals surface area contributed by atoms with E-state index >= 15 is 0 Å². The average molecular weight is 462 g/mol. The van der Waals surface area contributed by atoms with E-state index in [-0.39, 0.29) is 11.7 Å². The van der Waals surface area contributed by atoms with Gasteiger partial charge >= 0.3 is 0 Å². The molecule has 172 valence electrons. The first-order valence-corrected chi connectivity index (χ1v) is 12.2. The summed E-state index contributed by atoms with van der Waals surface area (Å²) in [6.07, 6.45) is 8.51. The number of phenols is 1. The molecule has 0 aliphatic heterocycles. The highest BCUT2D eigenvalue weighted by molar-refractivity contribution is 7.98. The third-order valence-corrected chi connectivity index (χ3v) is 6.31. The lowest BCUT2D eigenvalue weighted by Crippen LogP contribution is -2.24. The Morgan fingerprint density at radius 2 is 1.94 bits per heavy atom. The zero-order valence-corrected chi connectivity index (χ0v) is 20.7. The summed E-state index contributed by atoms with van der Waals surface area (Å²) in [6.45, 7) is 8.49. The Morgan fingerprint density at radius 1 is 1.21 bits per heavy atom. The summed E-state index contributed by atoms with van der Waals surface area (Å²) in [7, 11) is 0. The molecule has 0 saturated heterocycles. The van der Waals surface area contributed by atoms with Crippen LogP contribution in [0.5, 0.6) is 5.75 Å². The third-order valence-electron chi connectivity index (χ3n) is 5.55. The summed E-state index contributed by atoms with van der Waals surface area (Å²) >= 11 is 1.47. The molecule has 2 N–H and O–H groups in total. The summed E-state index contributed by atoms with van der Waals surface area (Å²) in [5, 5.41) is 17.5. The van der Waals surface area contributed by atoms with Crippen molar-refractivity contribution in [1.29, 1.82) is 0 Å². The minimum atomic E-state index is -0.163. The quantitative estimate of drug-likeness (QED) is 0.312. The van der Waals surface area contributed by atoms with Gasteiger partial charge in [0.1, 0.15) is 5.75 Å². The number of phenolic OH excluding ortho intramolecular Hbond substituents is 1. The Hall–Kier alpha value is -3.25. The van der Waals surface area contributed by atoms with Crippen molar-refractivity contribution in [2.24, 2.45) is 0 Å². The lowest BCUT2D eigenvalue weighted by molar-refractivity contribution is -0.115. The van der Waals surface area contributed by atoms with Crippen LogP contribution in [0.15, 0.2) is 65.2 Å². The number of rotatable bonds is 8. The molecule has 33 heavy (non-hydrogen) atoms. The van der Waals surface area contributed by atoms with Gasteiger partial charge in [0.05, 0.1) is 17.6 Å². The normalized spacial score (nSPS) is 12.2. The second-order valence-electron chi connectivity index (χ2n) is 7.93. The fourth-order valence-corrected chi connectivity index (χ4v) is 4.00. The number of amides is 1.